The van der Waals surface area contributed by atoms with Crippen LogP contribution in [0, 0.1) is 5.82 Å². The SMILES string of the molecule is C[C@@H](Oc1cc(B2OC(C)(C)C(C)(C)O2)ccc1NSC(F)F)c1ccc(F)cc1. The third-order valence-electron chi connectivity index (χ3n) is 5.43. The summed E-state index contributed by atoms with van der Waals surface area (Å²) in [6.07, 6.45) is -0.434. The molecule has 9 heteroatoms. The largest absolute Gasteiger partial charge is 0.494 e. The van der Waals surface area contributed by atoms with Crippen LogP contribution in [0.25, 0.3) is 0 Å². The number of nitrogens with one attached hydrogen (secondary N) is 1. The Labute approximate surface area is 179 Å². The Hall–Kier alpha value is -1.84. The van der Waals surface area contributed by atoms with Crippen LogP contribution in [0.5, 0.6) is 5.75 Å². The van der Waals surface area contributed by atoms with E-state index in [1.165, 1.54) is 12.1 Å². The van der Waals surface area contributed by atoms with E-state index in [4.69, 9.17) is 14.0 Å². The number of hydrogen-bond donors (Lipinski definition) is 1. The van der Waals surface area contributed by atoms with Crippen LogP contribution in [0.15, 0.2) is 42.5 Å². The second-order valence-electron chi connectivity index (χ2n) is 8.14. The molecule has 162 valence electrons. The number of ether oxygens (including phenoxy) is 1. The highest BCUT2D eigenvalue weighted by Gasteiger charge is 2.51. The number of alkyl halides is 2. The first-order chi connectivity index (χ1) is 14.0. The maximum atomic E-state index is 13.2. The third-order valence-corrected chi connectivity index (χ3v) is 5.95. The van der Waals surface area contributed by atoms with Crippen molar-refractivity contribution < 1.29 is 27.2 Å². The molecule has 0 aromatic heterocycles. The minimum absolute atomic E-state index is 0.286. The van der Waals surface area contributed by atoms with Gasteiger partial charge in [-0.1, -0.05) is 18.2 Å². The fourth-order valence-electron chi connectivity index (χ4n) is 2.95. The first kappa shape index (κ1) is 22.8. The van der Waals surface area contributed by atoms with Crippen LogP contribution < -0.4 is 14.9 Å². The van der Waals surface area contributed by atoms with Gasteiger partial charge in [0.15, 0.2) is 0 Å². The highest BCUT2D eigenvalue weighted by Crippen LogP contribution is 2.38. The van der Waals surface area contributed by atoms with Gasteiger partial charge in [0.2, 0.25) is 0 Å². The van der Waals surface area contributed by atoms with Gasteiger partial charge in [-0.25, -0.2) is 4.39 Å². The first-order valence-electron chi connectivity index (χ1n) is 9.60. The molecule has 0 saturated carbocycles. The smallest absolute Gasteiger partial charge is 0.484 e. The Morgan fingerprint density at radius 3 is 2.17 bits per heavy atom. The van der Waals surface area contributed by atoms with Crippen molar-refractivity contribution >= 4 is 30.2 Å². The summed E-state index contributed by atoms with van der Waals surface area (Å²) in [4.78, 5) is 0. The number of rotatable bonds is 7. The lowest BCUT2D eigenvalue weighted by molar-refractivity contribution is 0.00578. The molecule has 30 heavy (non-hydrogen) atoms. The van der Waals surface area contributed by atoms with Gasteiger partial charge >= 0.3 is 12.9 Å². The number of benzene rings is 2. The Kier molecular flexibility index (Phi) is 6.64. The van der Waals surface area contributed by atoms with Crippen molar-refractivity contribution in [2.75, 3.05) is 4.72 Å². The molecule has 1 fully saturated rings. The Morgan fingerprint density at radius 1 is 1.00 bits per heavy atom. The highest BCUT2D eigenvalue weighted by molar-refractivity contribution is 8.00. The van der Waals surface area contributed by atoms with Crippen LogP contribution in [0.2, 0.25) is 0 Å². The zero-order valence-corrected chi connectivity index (χ0v) is 18.4. The molecule has 0 radical (unpaired) electrons. The predicted molar refractivity (Wildman–Crippen MR) is 115 cm³/mol. The summed E-state index contributed by atoms with van der Waals surface area (Å²) in [6.45, 7) is 9.62. The predicted octanol–water partition coefficient (Wildman–Crippen LogP) is 5.55. The minimum atomic E-state index is -2.59. The molecule has 3 rings (SSSR count). The molecule has 4 nitrogen and oxygen atoms in total. The van der Waals surface area contributed by atoms with Crippen LogP contribution in [0.3, 0.4) is 0 Å². The van der Waals surface area contributed by atoms with E-state index in [9.17, 15) is 13.2 Å². The summed E-state index contributed by atoms with van der Waals surface area (Å²) in [5.74, 6) is -2.56. The van der Waals surface area contributed by atoms with Crippen molar-refractivity contribution in [3.63, 3.8) is 0 Å². The van der Waals surface area contributed by atoms with E-state index in [1.807, 2.05) is 27.7 Å². The molecule has 2 aromatic carbocycles. The second-order valence-corrected chi connectivity index (χ2v) is 8.93. The van der Waals surface area contributed by atoms with E-state index < -0.39 is 30.2 Å². The van der Waals surface area contributed by atoms with Gasteiger partial charge in [-0.2, -0.15) is 8.78 Å². The molecule has 2 aromatic rings. The van der Waals surface area contributed by atoms with Crippen molar-refractivity contribution in [2.24, 2.45) is 0 Å². The van der Waals surface area contributed by atoms with E-state index in [2.05, 4.69) is 4.72 Å². The summed E-state index contributed by atoms with van der Waals surface area (Å²) in [5, 5.41) is 0. The summed E-state index contributed by atoms with van der Waals surface area (Å²) in [6, 6.07) is 11.1. The highest BCUT2D eigenvalue weighted by atomic mass is 32.2. The van der Waals surface area contributed by atoms with Gasteiger partial charge < -0.3 is 18.8 Å². The molecular weight excluding hydrogens is 414 g/mol. The Balaban J connectivity index is 1.88. The molecule has 0 unspecified atom stereocenters. The van der Waals surface area contributed by atoms with Gasteiger partial charge in [0.1, 0.15) is 17.7 Å². The van der Waals surface area contributed by atoms with Gasteiger partial charge in [0, 0.05) is 11.9 Å². The molecule has 0 aliphatic carbocycles. The molecule has 1 heterocycles. The number of halogens is 3. The average Bonchev–Trinajstić information content (AvgIpc) is 2.88. The topological polar surface area (TPSA) is 39.7 Å². The van der Waals surface area contributed by atoms with Gasteiger partial charge in [-0.15, -0.1) is 0 Å². The van der Waals surface area contributed by atoms with Crippen molar-refractivity contribution in [1.82, 2.24) is 0 Å². The van der Waals surface area contributed by atoms with Gasteiger partial charge in [-0.3, -0.25) is 0 Å². The number of hydrogen-bond acceptors (Lipinski definition) is 5. The number of anilines is 1. The van der Waals surface area contributed by atoms with Crippen LogP contribution in [0.1, 0.15) is 46.3 Å². The van der Waals surface area contributed by atoms with Crippen LogP contribution in [-0.2, 0) is 9.31 Å². The van der Waals surface area contributed by atoms with Crippen molar-refractivity contribution in [3.05, 3.63) is 53.8 Å². The summed E-state index contributed by atoms with van der Waals surface area (Å²) < 4.78 is 59.5. The first-order valence-corrected chi connectivity index (χ1v) is 10.5. The van der Waals surface area contributed by atoms with Gasteiger partial charge in [0.25, 0.3) is 0 Å². The van der Waals surface area contributed by atoms with E-state index in [0.29, 0.717) is 16.9 Å². The quantitative estimate of drug-likeness (QED) is 0.453. The molecule has 1 N–H and O–H groups in total. The van der Waals surface area contributed by atoms with E-state index in [0.717, 1.165) is 5.56 Å². The van der Waals surface area contributed by atoms with Crippen molar-refractivity contribution in [3.8, 4) is 5.75 Å². The van der Waals surface area contributed by atoms with Crippen LogP contribution >= 0.6 is 11.9 Å². The lowest BCUT2D eigenvalue weighted by atomic mass is 9.79. The van der Waals surface area contributed by atoms with E-state index >= 15 is 0 Å². The molecule has 0 bridgehead atoms. The van der Waals surface area contributed by atoms with Crippen LogP contribution in [0.4, 0.5) is 18.9 Å². The fraction of sp³-hybridized carbons (Fsp3) is 0.429. The second kappa shape index (κ2) is 8.73. The normalized spacial score (nSPS) is 18.5. The average molecular weight is 439 g/mol. The Morgan fingerprint density at radius 2 is 1.60 bits per heavy atom. The standard InChI is InChI=1S/C21H25BF3NO3S/c1-13(14-6-9-16(23)10-7-14)27-18-12-15(8-11-17(18)26-30-19(24)25)22-28-20(2,3)21(4,5)29-22/h6-13,19,26H,1-5H3/t13-/m1/s1. The van der Waals surface area contributed by atoms with Crippen LogP contribution in [-0.4, -0.2) is 24.1 Å². The summed E-state index contributed by atoms with van der Waals surface area (Å²) in [7, 11) is -0.615. The molecule has 1 aliphatic rings. The molecule has 1 atom stereocenters. The maximum absolute atomic E-state index is 13.2. The maximum Gasteiger partial charge on any atom is 0.494 e. The minimum Gasteiger partial charge on any atom is -0.484 e. The molecule has 1 aliphatic heterocycles. The van der Waals surface area contributed by atoms with Gasteiger partial charge in [-0.05, 0) is 69.9 Å². The third kappa shape index (κ3) is 5.07. The zero-order chi connectivity index (χ0) is 22.1. The summed E-state index contributed by atoms with van der Waals surface area (Å²) >= 11 is 0.286. The lowest BCUT2D eigenvalue weighted by Gasteiger charge is -2.32. The van der Waals surface area contributed by atoms with E-state index in [-0.39, 0.29) is 17.8 Å². The van der Waals surface area contributed by atoms with Gasteiger partial charge in [0.05, 0.1) is 16.9 Å². The zero-order valence-electron chi connectivity index (χ0n) is 17.5. The molecular formula is C21H25BF3NO3S. The van der Waals surface area contributed by atoms with E-state index in [1.54, 1.807) is 37.3 Å². The molecule has 0 amide bonds. The Bertz CT molecular complexity index is 864. The molecule has 1 saturated heterocycles. The lowest BCUT2D eigenvalue weighted by Crippen LogP contribution is -2.41. The monoisotopic (exact) mass is 439 g/mol. The van der Waals surface area contributed by atoms with Crippen molar-refractivity contribution in [1.29, 1.82) is 0 Å². The van der Waals surface area contributed by atoms with Crippen molar-refractivity contribution in [2.45, 2.75) is 57.7 Å². The fourth-order valence-corrected chi connectivity index (χ4v) is 3.33. The summed E-state index contributed by atoms with van der Waals surface area (Å²) in [5.41, 5.74) is 0.840. The molecule has 0 spiro atoms.